The van der Waals surface area contributed by atoms with Gasteiger partial charge in [0.15, 0.2) is 0 Å². The number of nitrogens with one attached hydrogen (secondary N) is 1. The largest absolute Gasteiger partial charge is 0.388 e. The Morgan fingerprint density at radius 3 is 2.57 bits per heavy atom. The van der Waals surface area contributed by atoms with Gasteiger partial charge < -0.3 is 10.4 Å². The summed E-state index contributed by atoms with van der Waals surface area (Å²) in [6, 6.07) is 16.1. The number of aliphatic hydroxyl groups is 1. The fourth-order valence-electron chi connectivity index (χ4n) is 2.14. The zero-order valence-corrected chi connectivity index (χ0v) is 12.5. The van der Waals surface area contributed by atoms with Gasteiger partial charge in [0.2, 0.25) is 0 Å². The molecule has 2 unspecified atom stereocenters. The molecule has 0 heterocycles. The number of benzene rings is 2. The SMILES string of the molecule is CC(CC(O)c1ccccc1)NC(=O)c1cccc(Cl)c1. The van der Waals surface area contributed by atoms with Gasteiger partial charge in [0.05, 0.1) is 6.10 Å². The summed E-state index contributed by atoms with van der Waals surface area (Å²) < 4.78 is 0. The van der Waals surface area contributed by atoms with Gasteiger partial charge >= 0.3 is 0 Å². The predicted molar refractivity (Wildman–Crippen MR) is 84.4 cm³/mol. The van der Waals surface area contributed by atoms with Crippen molar-refractivity contribution in [1.82, 2.24) is 5.32 Å². The summed E-state index contributed by atoms with van der Waals surface area (Å²) in [4.78, 5) is 12.1. The Morgan fingerprint density at radius 1 is 1.19 bits per heavy atom. The van der Waals surface area contributed by atoms with Crippen molar-refractivity contribution in [2.45, 2.75) is 25.5 Å². The van der Waals surface area contributed by atoms with Gasteiger partial charge in [-0.2, -0.15) is 0 Å². The van der Waals surface area contributed by atoms with Gasteiger partial charge in [-0.1, -0.05) is 48.0 Å². The lowest BCUT2D eigenvalue weighted by Crippen LogP contribution is -2.33. The van der Waals surface area contributed by atoms with Crippen LogP contribution in [0.2, 0.25) is 5.02 Å². The Labute approximate surface area is 129 Å². The number of aliphatic hydroxyl groups excluding tert-OH is 1. The highest BCUT2D eigenvalue weighted by Crippen LogP contribution is 2.18. The van der Waals surface area contributed by atoms with Crippen LogP contribution in [-0.2, 0) is 0 Å². The summed E-state index contributed by atoms with van der Waals surface area (Å²) in [6.45, 7) is 1.87. The van der Waals surface area contributed by atoms with Crippen LogP contribution in [-0.4, -0.2) is 17.1 Å². The second kappa shape index (κ2) is 7.25. The zero-order valence-electron chi connectivity index (χ0n) is 11.8. The van der Waals surface area contributed by atoms with E-state index in [1.807, 2.05) is 37.3 Å². The lowest BCUT2D eigenvalue weighted by molar-refractivity contribution is 0.0917. The van der Waals surface area contributed by atoms with E-state index < -0.39 is 6.10 Å². The molecule has 2 aromatic carbocycles. The maximum absolute atomic E-state index is 12.1. The first-order valence-corrected chi connectivity index (χ1v) is 7.23. The molecule has 0 aliphatic rings. The molecule has 2 aromatic rings. The van der Waals surface area contributed by atoms with Crippen molar-refractivity contribution in [3.8, 4) is 0 Å². The monoisotopic (exact) mass is 303 g/mol. The number of rotatable bonds is 5. The first-order valence-electron chi connectivity index (χ1n) is 6.85. The first kappa shape index (κ1) is 15.5. The van der Waals surface area contributed by atoms with Gasteiger partial charge in [-0.25, -0.2) is 0 Å². The molecule has 0 saturated carbocycles. The van der Waals surface area contributed by atoms with E-state index in [2.05, 4.69) is 5.32 Å². The lowest BCUT2D eigenvalue weighted by atomic mass is 10.0. The normalized spacial score (nSPS) is 13.5. The van der Waals surface area contributed by atoms with Crippen LogP contribution in [0, 0.1) is 0 Å². The molecule has 2 N–H and O–H groups in total. The fraction of sp³-hybridized carbons (Fsp3) is 0.235. The molecule has 4 heteroatoms. The van der Waals surface area contributed by atoms with Crippen molar-refractivity contribution in [1.29, 1.82) is 0 Å². The van der Waals surface area contributed by atoms with E-state index in [0.29, 0.717) is 17.0 Å². The van der Waals surface area contributed by atoms with E-state index in [0.717, 1.165) is 5.56 Å². The highest BCUT2D eigenvalue weighted by molar-refractivity contribution is 6.30. The molecule has 0 radical (unpaired) electrons. The molecule has 0 bridgehead atoms. The predicted octanol–water partition coefficient (Wildman–Crippen LogP) is 3.58. The van der Waals surface area contributed by atoms with Gasteiger partial charge in [0.25, 0.3) is 5.91 Å². The van der Waals surface area contributed by atoms with Crippen LogP contribution in [0.3, 0.4) is 0 Å². The standard InChI is InChI=1S/C17H18ClNO2/c1-12(10-16(20)13-6-3-2-4-7-13)19-17(21)14-8-5-9-15(18)11-14/h2-9,11-12,16,20H,10H2,1H3,(H,19,21). The molecule has 21 heavy (non-hydrogen) atoms. The van der Waals surface area contributed by atoms with Crippen LogP contribution >= 0.6 is 11.6 Å². The molecule has 0 aromatic heterocycles. The van der Waals surface area contributed by atoms with Crippen molar-refractivity contribution in [3.63, 3.8) is 0 Å². The summed E-state index contributed by atoms with van der Waals surface area (Å²) in [6.07, 6.45) is -0.142. The highest BCUT2D eigenvalue weighted by Gasteiger charge is 2.15. The molecule has 2 rings (SSSR count). The van der Waals surface area contributed by atoms with Gasteiger partial charge in [-0.05, 0) is 37.1 Å². The molecule has 110 valence electrons. The van der Waals surface area contributed by atoms with E-state index in [1.54, 1.807) is 24.3 Å². The quantitative estimate of drug-likeness (QED) is 0.887. The van der Waals surface area contributed by atoms with Gasteiger partial charge in [-0.15, -0.1) is 0 Å². The number of carbonyl (C=O) groups excluding carboxylic acids is 1. The van der Waals surface area contributed by atoms with Crippen molar-refractivity contribution in [2.24, 2.45) is 0 Å². The van der Waals surface area contributed by atoms with E-state index in [-0.39, 0.29) is 11.9 Å². The molecule has 0 aliphatic carbocycles. The maximum atomic E-state index is 12.1. The maximum Gasteiger partial charge on any atom is 0.251 e. The van der Waals surface area contributed by atoms with Crippen molar-refractivity contribution in [2.75, 3.05) is 0 Å². The van der Waals surface area contributed by atoms with Gasteiger partial charge in [-0.3, -0.25) is 4.79 Å². The van der Waals surface area contributed by atoms with Crippen LogP contribution in [0.4, 0.5) is 0 Å². The van der Waals surface area contributed by atoms with E-state index in [1.165, 1.54) is 0 Å². The van der Waals surface area contributed by atoms with Crippen LogP contribution in [0.25, 0.3) is 0 Å². The molecule has 2 atom stereocenters. The molecule has 3 nitrogen and oxygen atoms in total. The molecule has 0 saturated heterocycles. The Hall–Kier alpha value is -1.84. The van der Waals surface area contributed by atoms with Gasteiger partial charge in [0.1, 0.15) is 0 Å². The number of amides is 1. The molecule has 0 aliphatic heterocycles. The van der Waals surface area contributed by atoms with Crippen LogP contribution in [0.15, 0.2) is 54.6 Å². The Bertz CT molecular complexity index is 601. The summed E-state index contributed by atoms with van der Waals surface area (Å²) >= 11 is 5.87. The summed E-state index contributed by atoms with van der Waals surface area (Å²) in [5.74, 6) is -0.190. The number of carbonyl (C=O) groups is 1. The third-order valence-electron chi connectivity index (χ3n) is 3.23. The van der Waals surface area contributed by atoms with E-state index in [4.69, 9.17) is 11.6 Å². The van der Waals surface area contributed by atoms with E-state index >= 15 is 0 Å². The van der Waals surface area contributed by atoms with Crippen LogP contribution in [0.1, 0.15) is 35.4 Å². The third-order valence-corrected chi connectivity index (χ3v) is 3.46. The Balaban J connectivity index is 1.92. The summed E-state index contributed by atoms with van der Waals surface area (Å²) in [5, 5.41) is 13.5. The average Bonchev–Trinajstić information content (AvgIpc) is 2.48. The Kier molecular flexibility index (Phi) is 5.37. The highest BCUT2D eigenvalue weighted by atomic mass is 35.5. The van der Waals surface area contributed by atoms with Gasteiger partial charge in [0, 0.05) is 16.6 Å². The van der Waals surface area contributed by atoms with Crippen LogP contribution in [0.5, 0.6) is 0 Å². The average molecular weight is 304 g/mol. The second-order valence-electron chi connectivity index (χ2n) is 5.05. The molecule has 0 spiro atoms. The smallest absolute Gasteiger partial charge is 0.251 e. The summed E-state index contributed by atoms with van der Waals surface area (Å²) in [5.41, 5.74) is 1.37. The summed E-state index contributed by atoms with van der Waals surface area (Å²) in [7, 11) is 0. The minimum atomic E-state index is -0.596. The minimum absolute atomic E-state index is 0.147. The number of halogens is 1. The first-order chi connectivity index (χ1) is 10.1. The topological polar surface area (TPSA) is 49.3 Å². The Morgan fingerprint density at radius 2 is 1.90 bits per heavy atom. The fourth-order valence-corrected chi connectivity index (χ4v) is 2.33. The van der Waals surface area contributed by atoms with E-state index in [9.17, 15) is 9.90 Å². The third kappa shape index (κ3) is 4.59. The zero-order chi connectivity index (χ0) is 15.2. The molecule has 1 amide bonds. The molecular formula is C17H18ClNO2. The van der Waals surface area contributed by atoms with Crippen molar-refractivity contribution < 1.29 is 9.90 Å². The van der Waals surface area contributed by atoms with Crippen molar-refractivity contribution >= 4 is 17.5 Å². The molecular weight excluding hydrogens is 286 g/mol. The number of hydrogen-bond donors (Lipinski definition) is 2. The minimum Gasteiger partial charge on any atom is -0.388 e. The second-order valence-corrected chi connectivity index (χ2v) is 5.48. The lowest BCUT2D eigenvalue weighted by Gasteiger charge is -2.18. The number of hydrogen-bond acceptors (Lipinski definition) is 2. The van der Waals surface area contributed by atoms with Crippen molar-refractivity contribution in [3.05, 3.63) is 70.7 Å². The molecule has 0 fully saturated rings. The van der Waals surface area contributed by atoms with Crippen LogP contribution < -0.4 is 5.32 Å².